The van der Waals surface area contributed by atoms with Crippen LogP contribution >= 0.6 is 0 Å². The lowest BCUT2D eigenvalue weighted by Crippen LogP contribution is -2.44. The van der Waals surface area contributed by atoms with Gasteiger partial charge in [-0.3, -0.25) is 19.4 Å². The highest BCUT2D eigenvalue weighted by molar-refractivity contribution is 5.78. The van der Waals surface area contributed by atoms with E-state index in [-0.39, 0.29) is 11.7 Å². The maximum absolute atomic E-state index is 12.3. The largest absolute Gasteiger partial charge is 0.345 e. The SMILES string of the molecule is CCCCN(C)C(=O)CN(CC)CCN(CCN(C)CC)CC(C)=O. The molecule has 0 aromatic heterocycles. The van der Waals surface area contributed by atoms with Crippen LogP contribution in [0.2, 0.25) is 0 Å². The number of hydrogen-bond acceptors (Lipinski definition) is 5. The highest BCUT2D eigenvalue weighted by atomic mass is 16.2. The number of carbonyl (C=O) groups excluding carboxylic acids is 2. The number of unbranched alkanes of at least 4 members (excludes halogenated alkanes) is 1. The van der Waals surface area contributed by atoms with Crippen LogP contribution in [-0.4, -0.2) is 104 Å². The Kier molecular flexibility index (Phi) is 13.7. The molecule has 0 saturated heterocycles. The molecule has 0 aliphatic heterocycles. The van der Waals surface area contributed by atoms with Gasteiger partial charge in [-0.2, -0.15) is 0 Å². The van der Waals surface area contributed by atoms with Gasteiger partial charge in [0.05, 0.1) is 13.1 Å². The molecule has 0 aromatic rings. The third-order valence-corrected chi connectivity index (χ3v) is 4.60. The van der Waals surface area contributed by atoms with Crippen LogP contribution in [0, 0.1) is 0 Å². The van der Waals surface area contributed by atoms with Crippen LogP contribution < -0.4 is 0 Å². The number of likely N-dealkylation sites (N-methyl/N-ethyl adjacent to an activating group) is 3. The van der Waals surface area contributed by atoms with E-state index in [0.29, 0.717) is 13.1 Å². The van der Waals surface area contributed by atoms with Gasteiger partial charge < -0.3 is 9.80 Å². The number of hydrogen-bond donors (Lipinski definition) is 0. The number of amides is 1. The number of carbonyl (C=O) groups is 2. The molecular weight excluding hydrogens is 316 g/mol. The standard InChI is InChI=1S/C19H40N4O2/c1-7-10-11-21(6)19(25)17-22(9-3)14-15-23(16-18(4)24)13-12-20(5)8-2/h7-17H2,1-6H3. The first-order valence-electron chi connectivity index (χ1n) is 9.70. The molecule has 0 aliphatic carbocycles. The monoisotopic (exact) mass is 356 g/mol. The van der Waals surface area contributed by atoms with Gasteiger partial charge in [0.25, 0.3) is 0 Å². The summed E-state index contributed by atoms with van der Waals surface area (Å²) in [6, 6.07) is 0. The molecule has 0 heterocycles. The zero-order valence-electron chi connectivity index (χ0n) is 17.4. The molecule has 6 nitrogen and oxygen atoms in total. The molecule has 0 N–H and O–H groups in total. The Morgan fingerprint density at radius 1 is 0.760 bits per heavy atom. The quantitative estimate of drug-likeness (QED) is 0.444. The van der Waals surface area contributed by atoms with E-state index in [2.05, 4.69) is 42.5 Å². The number of rotatable bonds is 15. The molecule has 0 spiro atoms. The second-order valence-corrected chi connectivity index (χ2v) is 6.91. The molecule has 6 heteroatoms. The lowest BCUT2D eigenvalue weighted by atomic mass is 10.3. The Hall–Kier alpha value is -0.980. The third kappa shape index (κ3) is 12.1. The molecule has 0 aromatic carbocycles. The van der Waals surface area contributed by atoms with Crippen LogP contribution in [0.1, 0.15) is 40.5 Å². The van der Waals surface area contributed by atoms with Crippen LogP contribution in [0.15, 0.2) is 0 Å². The first-order valence-corrected chi connectivity index (χ1v) is 9.70. The Balaban J connectivity index is 4.43. The summed E-state index contributed by atoms with van der Waals surface area (Å²) >= 11 is 0. The van der Waals surface area contributed by atoms with Gasteiger partial charge >= 0.3 is 0 Å². The van der Waals surface area contributed by atoms with Gasteiger partial charge in [-0.15, -0.1) is 0 Å². The molecule has 0 aliphatic rings. The fourth-order valence-corrected chi connectivity index (χ4v) is 2.52. The van der Waals surface area contributed by atoms with E-state index in [1.807, 2.05) is 11.9 Å². The maximum Gasteiger partial charge on any atom is 0.236 e. The Morgan fingerprint density at radius 2 is 1.36 bits per heavy atom. The van der Waals surface area contributed by atoms with Crippen LogP contribution in [0.3, 0.4) is 0 Å². The lowest BCUT2D eigenvalue weighted by molar-refractivity contribution is -0.131. The van der Waals surface area contributed by atoms with Crippen molar-refractivity contribution in [1.82, 2.24) is 19.6 Å². The highest BCUT2D eigenvalue weighted by Gasteiger charge is 2.15. The molecule has 0 atom stereocenters. The van der Waals surface area contributed by atoms with E-state index in [0.717, 1.165) is 58.7 Å². The zero-order valence-corrected chi connectivity index (χ0v) is 17.4. The highest BCUT2D eigenvalue weighted by Crippen LogP contribution is 1.98. The van der Waals surface area contributed by atoms with Crippen molar-refractivity contribution in [3.8, 4) is 0 Å². The molecule has 1 amide bonds. The Labute approximate surface area is 155 Å². The second-order valence-electron chi connectivity index (χ2n) is 6.91. The van der Waals surface area contributed by atoms with E-state index < -0.39 is 0 Å². The Morgan fingerprint density at radius 3 is 1.88 bits per heavy atom. The first kappa shape index (κ1) is 24.0. The van der Waals surface area contributed by atoms with Gasteiger partial charge in [0.1, 0.15) is 5.78 Å². The number of Topliss-reactive ketones (excluding diaryl/α,β-unsaturated/α-hetero) is 1. The molecular formula is C19H40N4O2. The van der Waals surface area contributed by atoms with Crippen molar-refractivity contribution in [2.24, 2.45) is 0 Å². The van der Waals surface area contributed by atoms with E-state index in [1.165, 1.54) is 0 Å². The molecule has 148 valence electrons. The Bertz CT molecular complexity index is 376. The zero-order chi connectivity index (χ0) is 19.2. The number of ketones is 1. The lowest BCUT2D eigenvalue weighted by Gasteiger charge is -2.28. The summed E-state index contributed by atoms with van der Waals surface area (Å²) in [4.78, 5) is 32.3. The minimum atomic E-state index is 0.180. The van der Waals surface area contributed by atoms with Crippen LogP contribution in [0.25, 0.3) is 0 Å². The van der Waals surface area contributed by atoms with Crippen molar-refractivity contribution < 1.29 is 9.59 Å². The van der Waals surface area contributed by atoms with Crippen molar-refractivity contribution in [3.63, 3.8) is 0 Å². The second kappa shape index (κ2) is 14.2. The minimum absolute atomic E-state index is 0.180. The first-order chi connectivity index (χ1) is 11.8. The van der Waals surface area contributed by atoms with E-state index in [1.54, 1.807) is 6.92 Å². The summed E-state index contributed by atoms with van der Waals surface area (Å²) < 4.78 is 0. The molecule has 0 bridgehead atoms. The smallest absolute Gasteiger partial charge is 0.236 e. The average molecular weight is 357 g/mol. The van der Waals surface area contributed by atoms with Crippen molar-refractivity contribution in [2.45, 2.75) is 40.5 Å². The predicted molar refractivity (Wildman–Crippen MR) is 105 cm³/mol. The van der Waals surface area contributed by atoms with Crippen LogP contribution in [0.5, 0.6) is 0 Å². The van der Waals surface area contributed by atoms with Gasteiger partial charge in [0.2, 0.25) is 5.91 Å². The van der Waals surface area contributed by atoms with E-state index >= 15 is 0 Å². The molecule has 0 rings (SSSR count). The van der Waals surface area contributed by atoms with Gasteiger partial charge in [-0.1, -0.05) is 27.2 Å². The summed E-state index contributed by atoms with van der Waals surface area (Å²) in [7, 11) is 3.98. The van der Waals surface area contributed by atoms with Crippen molar-refractivity contribution in [3.05, 3.63) is 0 Å². The molecule has 0 radical (unpaired) electrons. The molecule has 0 saturated carbocycles. The van der Waals surface area contributed by atoms with Gasteiger partial charge in [-0.05, 0) is 33.5 Å². The van der Waals surface area contributed by atoms with Gasteiger partial charge in [0, 0.05) is 39.8 Å². The van der Waals surface area contributed by atoms with Gasteiger partial charge in [0.15, 0.2) is 0 Å². The van der Waals surface area contributed by atoms with E-state index in [4.69, 9.17) is 0 Å². The fraction of sp³-hybridized carbons (Fsp3) is 0.895. The maximum atomic E-state index is 12.3. The van der Waals surface area contributed by atoms with Crippen LogP contribution in [-0.2, 0) is 9.59 Å². The van der Waals surface area contributed by atoms with Gasteiger partial charge in [-0.25, -0.2) is 0 Å². The predicted octanol–water partition coefficient (Wildman–Crippen LogP) is 1.41. The van der Waals surface area contributed by atoms with Crippen molar-refractivity contribution in [2.75, 3.05) is 73.0 Å². The van der Waals surface area contributed by atoms with Crippen molar-refractivity contribution >= 4 is 11.7 Å². The van der Waals surface area contributed by atoms with E-state index in [9.17, 15) is 9.59 Å². The third-order valence-electron chi connectivity index (χ3n) is 4.60. The van der Waals surface area contributed by atoms with Crippen LogP contribution in [0.4, 0.5) is 0 Å². The minimum Gasteiger partial charge on any atom is -0.345 e. The summed E-state index contributed by atoms with van der Waals surface area (Å²) in [5, 5.41) is 0. The average Bonchev–Trinajstić information content (AvgIpc) is 2.59. The summed E-state index contributed by atoms with van der Waals surface area (Å²) in [6.45, 7) is 15.1. The molecule has 25 heavy (non-hydrogen) atoms. The number of nitrogens with zero attached hydrogens (tertiary/aromatic N) is 4. The summed E-state index contributed by atoms with van der Waals surface area (Å²) in [5.74, 6) is 0.372. The normalized spacial score (nSPS) is 11.6. The molecule has 0 unspecified atom stereocenters. The molecule has 0 fully saturated rings. The van der Waals surface area contributed by atoms with Crippen molar-refractivity contribution in [1.29, 1.82) is 0 Å². The topological polar surface area (TPSA) is 47.1 Å². The summed E-state index contributed by atoms with van der Waals surface area (Å²) in [6.07, 6.45) is 2.15. The fourth-order valence-electron chi connectivity index (χ4n) is 2.52. The summed E-state index contributed by atoms with van der Waals surface area (Å²) in [5.41, 5.74) is 0.